The van der Waals surface area contributed by atoms with Crippen molar-refractivity contribution >= 4 is 28.7 Å². The maximum absolute atomic E-state index is 13.1. The molecule has 0 aliphatic carbocycles. The second kappa shape index (κ2) is 7.75. The highest BCUT2D eigenvalue weighted by Crippen LogP contribution is 2.39. The minimum Gasteiger partial charge on any atom is -0.393 e. The van der Waals surface area contributed by atoms with Gasteiger partial charge in [0, 0.05) is 62.2 Å². The Morgan fingerprint density at radius 1 is 1.29 bits per heavy atom. The molecule has 0 saturated heterocycles. The largest absolute Gasteiger partial charge is 0.433 e. The Kier molecular flexibility index (Phi) is 5.24. The van der Waals surface area contributed by atoms with Gasteiger partial charge in [-0.15, -0.1) is 0 Å². The Bertz CT molecular complexity index is 1070. The van der Waals surface area contributed by atoms with Gasteiger partial charge < -0.3 is 15.1 Å². The van der Waals surface area contributed by atoms with Crippen LogP contribution in [0.25, 0.3) is 5.57 Å². The van der Waals surface area contributed by atoms with Gasteiger partial charge in [0.1, 0.15) is 5.71 Å². The molecule has 0 bridgehead atoms. The zero-order valence-corrected chi connectivity index (χ0v) is 17.2. The van der Waals surface area contributed by atoms with Crippen LogP contribution in [-0.4, -0.2) is 53.0 Å². The quantitative estimate of drug-likeness (QED) is 0.648. The SMILES string of the molecule is CN/C=C(\C(=N)C(F)(F)F)c1ccc2c(c1)CCN2c1n[nH]c2c1CN(C(C)=O)CC2. The average Bonchev–Trinajstić information content (AvgIpc) is 3.33. The number of carbonyl (C=O) groups excluding carboxylic acids is 1. The number of nitrogens with zero attached hydrogens (tertiary/aromatic N) is 3. The number of hydrogen-bond donors (Lipinski definition) is 3. The van der Waals surface area contributed by atoms with Crippen LogP contribution in [-0.2, 0) is 24.2 Å². The van der Waals surface area contributed by atoms with Crippen LogP contribution in [0, 0.1) is 5.41 Å². The number of alkyl halides is 3. The van der Waals surface area contributed by atoms with E-state index in [0.717, 1.165) is 28.3 Å². The molecule has 3 N–H and O–H groups in total. The van der Waals surface area contributed by atoms with Crippen LogP contribution in [0.5, 0.6) is 0 Å². The molecule has 2 aromatic rings. The van der Waals surface area contributed by atoms with E-state index < -0.39 is 11.9 Å². The van der Waals surface area contributed by atoms with Gasteiger partial charge in [-0.1, -0.05) is 6.07 Å². The summed E-state index contributed by atoms with van der Waals surface area (Å²) in [5, 5.41) is 17.7. The Morgan fingerprint density at radius 2 is 2.06 bits per heavy atom. The molecule has 4 rings (SSSR count). The standard InChI is InChI=1S/C21H23F3N6O/c1-12(31)29-7-6-17-16(11-29)20(28-27-17)30-8-5-14-9-13(3-4-18(14)30)15(10-26-2)19(25)21(22,23)24/h3-4,9-10,25-26H,5-8,11H2,1-2H3,(H,27,28)/b15-10-,25-19?. The first kappa shape index (κ1) is 21.0. The molecule has 164 valence electrons. The van der Waals surface area contributed by atoms with Crippen molar-refractivity contribution in [2.45, 2.75) is 32.5 Å². The molecule has 0 unspecified atom stereocenters. The van der Waals surface area contributed by atoms with Gasteiger partial charge in [-0.3, -0.25) is 15.3 Å². The van der Waals surface area contributed by atoms with Crippen LogP contribution in [0.1, 0.15) is 29.3 Å². The first-order valence-electron chi connectivity index (χ1n) is 9.96. The molecule has 2 aliphatic heterocycles. The second-order valence-corrected chi connectivity index (χ2v) is 7.66. The predicted octanol–water partition coefficient (Wildman–Crippen LogP) is 3.15. The van der Waals surface area contributed by atoms with E-state index in [1.54, 1.807) is 30.0 Å². The highest BCUT2D eigenvalue weighted by atomic mass is 19.4. The molecule has 7 nitrogen and oxygen atoms in total. The van der Waals surface area contributed by atoms with Gasteiger partial charge in [-0.05, 0) is 29.7 Å². The summed E-state index contributed by atoms with van der Waals surface area (Å²) in [6, 6.07) is 5.08. The van der Waals surface area contributed by atoms with Gasteiger partial charge in [0.25, 0.3) is 0 Å². The van der Waals surface area contributed by atoms with Crippen LogP contribution >= 0.6 is 0 Å². The van der Waals surface area contributed by atoms with Crippen molar-refractivity contribution < 1.29 is 18.0 Å². The lowest BCUT2D eigenvalue weighted by Crippen LogP contribution is -2.34. The van der Waals surface area contributed by atoms with Crippen molar-refractivity contribution in [3.63, 3.8) is 0 Å². The molecular formula is C21H23F3N6O. The molecule has 0 fully saturated rings. The van der Waals surface area contributed by atoms with Crippen LogP contribution in [0.4, 0.5) is 24.7 Å². The van der Waals surface area contributed by atoms with Crippen LogP contribution in [0.2, 0.25) is 0 Å². The number of halogens is 3. The number of amides is 1. The molecule has 1 aromatic heterocycles. The Morgan fingerprint density at radius 3 is 2.74 bits per heavy atom. The van der Waals surface area contributed by atoms with Gasteiger partial charge in [0.2, 0.25) is 5.91 Å². The number of carbonyl (C=O) groups is 1. The summed E-state index contributed by atoms with van der Waals surface area (Å²) in [7, 11) is 1.50. The van der Waals surface area contributed by atoms with E-state index in [2.05, 4.69) is 15.5 Å². The molecule has 1 amide bonds. The average molecular weight is 432 g/mol. The number of hydrogen-bond acceptors (Lipinski definition) is 5. The summed E-state index contributed by atoms with van der Waals surface area (Å²) in [6.07, 6.45) is -2.18. The molecule has 3 heterocycles. The summed E-state index contributed by atoms with van der Waals surface area (Å²) >= 11 is 0. The number of fused-ring (bicyclic) bond motifs is 2. The van der Waals surface area contributed by atoms with Gasteiger partial charge in [-0.2, -0.15) is 18.3 Å². The zero-order valence-electron chi connectivity index (χ0n) is 17.2. The number of aromatic amines is 1. The molecule has 0 atom stereocenters. The second-order valence-electron chi connectivity index (χ2n) is 7.66. The minimum absolute atomic E-state index is 0.0141. The summed E-state index contributed by atoms with van der Waals surface area (Å²) in [4.78, 5) is 15.6. The third-order valence-corrected chi connectivity index (χ3v) is 5.74. The van der Waals surface area contributed by atoms with E-state index in [1.165, 1.54) is 13.2 Å². The predicted molar refractivity (Wildman–Crippen MR) is 111 cm³/mol. The lowest BCUT2D eigenvalue weighted by Gasteiger charge is -2.27. The summed E-state index contributed by atoms with van der Waals surface area (Å²) in [6.45, 7) is 3.32. The molecule has 2 aliphatic rings. The van der Waals surface area contributed by atoms with Gasteiger partial charge in [-0.25, -0.2) is 0 Å². The summed E-state index contributed by atoms with van der Waals surface area (Å²) in [5.41, 5.74) is 2.51. The number of benzene rings is 1. The lowest BCUT2D eigenvalue weighted by molar-refractivity contribution is -0.129. The summed E-state index contributed by atoms with van der Waals surface area (Å²) in [5.74, 6) is 0.765. The zero-order chi connectivity index (χ0) is 22.3. The maximum atomic E-state index is 13.1. The molecule has 0 radical (unpaired) electrons. The Hall–Kier alpha value is -3.30. The lowest BCUT2D eigenvalue weighted by atomic mass is 9.98. The third kappa shape index (κ3) is 3.77. The fourth-order valence-corrected chi connectivity index (χ4v) is 4.16. The van der Waals surface area contributed by atoms with Crippen molar-refractivity contribution in [3.8, 4) is 0 Å². The fraction of sp³-hybridized carbons (Fsp3) is 0.381. The number of rotatable bonds is 4. The summed E-state index contributed by atoms with van der Waals surface area (Å²) < 4.78 is 39.4. The van der Waals surface area contributed by atoms with Crippen molar-refractivity contribution in [3.05, 3.63) is 46.8 Å². The first-order valence-corrected chi connectivity index (χ1v) is 9.96. The highest BCUT2D eigenvalue weighted by molar-refractivity contribution is 6.25. The number of aromatic nitrogens is 2. The first-order chi connectivity index (χ1) is 14.7. The monoisotopic (exact) mass is 432 g/mol. The Labute approximate surface area is 177 Å². The number of nitrogens with one attached hydrogen (secondary N) is 3. The van der Waals surface area contributed by atoms with Crippen LogP contribution in [0.3, 0.4) is 0 Å². The Balaban J connectivity index is 1.66. The van der Waals surface area contributed by atoms with E-state index in [0.29, 0.717) is 38.0 Å². The third-order valence-electron chi connectivity index (χ3n) is 5.74. The fourth-order valence-electron chi connectivity index (χ4n) is 4.16. The van der Waals surface area contributed by atoms with Gasteiger partial charge in [0.05, 0.1) is 6.54 Å². The molecule has 0 spiro atoms. The van der Waals surface area contributed by atoms with Crippen molar-refractivity contribution in [2.75, 3.05) is 25.0 Å². The molecule has 0 saturated carbocycles. The van der Waals surface area contributed by atoms with E-state index in [-0.39, 0.29) is 11.5 Å². The molecule has 31 heavy (non-hydrogen) atoms. The molecular weight excluding hydrogens is 409 g/mol. The maximum Gasteiger partial charge on any atom is 0.433 e. The van der Waals surface area contributed by atoms with Gasteiger partial charge >= 0.3 is 6.18 Å². The smallest absolute Gasteiger partial charge is 0.393 e. The van der Waals surface area contributed by atoms with Gasteiger partial charge in [0.15, 0.2) is 5.82 Å². The number of anilines is 2. The van der Waals surface area contributed by atoms with Crippen LogP contribution < -0.4 is 10.2 Å². The number of H-pyrrole nitrogens is 1. The normalized spacial score (nSPS) is 16.2. The van der Waals surface area contributed by atoms with E-state index in [1.807, 2.05) is 4.90 Å². The topological polar surface area (TPSA) is 88.1 Å². The van der Waals surface area contributed by atoms with Crippen molar-refractivity contribution in [2.24, 2.45) is 0 Å². The van der Waals surface area contributed by atoms with Crippen molar-refractivity contribution in [1.82, 2.24) is 20.4 Å². The van der Waals surface area contributed by atoms with E-state index in [4.69, 9.17) is 5.41 Å². The van der Waals surface area contributed by atoms with E-state index >= 15 is 0 Å². The molecule has 1 aromatic carbocycles. The number of allylic oxidation sites excluding steroid dienone is 1. The minimum atomic E-state index is -4.73. The van der Waals surface area contributed by atoms with Crippen molar-refractivity contribution in [1.29, 1.82) is 5.41 Å². The van der Waals surface area contributed by atoms with E-state index in [9.17, 15) is 18.0 Å². The molecule has 10 heteroatoms. The van der Waals surface area contributed by atoms with Crippen LogP contribution in [0.15, 0.2) is 24.4 Å². The highest BCUT2D eigenvalue weighted by Gasteiger charge is 2.37.